The fourth-order valence-corrected chi connectivity index (χ4v) is 4.83. The van der Waals surface area contributed by atoms with E-state index in [9.17, 15) is 19.1 Å². The third kappa shape index (κ3) is 3.15. The second kappa shape index (κ2) is 6.62. The van der Waals surface area contributed by atoms with E-state index in [1.54, 1.807) is 4.90 Å². The lowest BCUT2D eigenvalue weighted by Gasteiger charge is -2.24. The maximum atomic E-state index is 15.7. The number of nitrogen functional groups attached to an aromatic ring is 1. The van der Waals surface area contributed by atoms with Gasteiger partial charge in [0.2, 0.25) is 5.43 Å². The summed E-state index contributed by atoms with van der Waals surface area (Å²) < 4.78 is 45.9. The molecule has 1 aromatic heterocycles. The molecule has 5 rings (SSSR count). The minimum absolute atomic E-state index is 0.0491. The summed E-state index contributed by atoms with van der Waals surface area (Å²) >= 11 is 0. The number of aromatic nitrogens is 1. The number of carboxylic acid groups (broad SMARTS) is 1. The smallest absolute Gasteiger partial charge is 0.341 e. The standard InChI is InChI=1S/C21H23F3N4O3/c22-11-5-12(11)28-8-10(20(30)31)19(29)13-16(25)14(23)18(15(24)17(13)28)27-4-1-9(7-27)6-21(26)2-3-21/h8-9,11-12H,1-7,25-26H2,(H,30,31)/t9?,11-,12+/m0/s1. The van der Waals surface area contributed by atoms with Gasteiger partial charge in [-0.05, 0) is 31.6 Å². The molecule has 1 saturated heterocycles. The van der Waals surface area contributed by atoms with Crippen molar-refractivity contribution in [2.24, 2.45) is 11.7 Å². The monoisotopic (exact) mass is 436 g/mol. The summed E-state index contributed by atoms with van der Waals surface area (Å²) in [5.41, 5.74) is 8.79. The van der Waals surface area contributed by atoms with Gasteiger partial charge in [-0.2, -0.15) is 0 Å². The Hall–Kier alpha value is -2.75. The van der Waals surface area contributed by atoms with Crippen LogP contribution in [-0.2, 0) is 0 Å². The molecule has 0 spiro atoms. The Morgan fingerprint density at radius 1 is 1.29 bits per heavy atom. The third-order valence-electron chi connectivity index (χ3n) is 6.82. The van der Waals surface area contributed by atoms with Gasteiger partial charge < -0.3 is 26.0 Å². The minimum atomic E-state index is -1.57. The first-order valence-corrected chi connectivity index (χ1v) is 10.4. The molecule has 166 valence electrons. The first kappa shape index (κ1) is 20.2. The molecule has 0 bridgehead atoms. The van der Waals surface area contributed by atoms with Crippen LogP contribution in [-0.4, -0.2) is 40.4 Å². The molecule has 0 amide bonds. The van der Waals surface area contributed by atoms with Crippen molar-refractivity contribution in [2.75, 3.05) is 23.7 Å². The average Bonchev–Trinajstić information content (AvgIpc) is 3.57. The zero-order chi connectivity index (χ0) is 22.2. The SMILES string of the molecule is Nc1c(F)c(N2CCC(CC3(N)CC3)C2)c(F)c2c1c(=O)c(C(=O)O)cn2[C@@H]1C[C@@H]1F. The van der Waals surface area contributed by atoms with Gasteiger partial charge in [-0.15, -0.1) is 0 Å². The van der Waals surface area contributed by atoms with Crippen molar-refractivity contribution in [3.05, 3.63) is 33.6 Å². The molecule has 1 aliphatic heterocycles. The lowest BCUT2D eigenvalue weighted by atomic mass is 9.98. The van der Waals surface area contributed by atoms with Gasteiger partial charge in [0.1, 0.15) is 17.4 Å². The zero-order valence-electron chi connectivity index (χ0n) is 16.7. The molecule has 10 heteroatoms. The molecule has 2 saturated carbocycles. The number of hydrogen-bond acceptors (Lipinski definition) is 5. The maximum Gasteiger partial charge on any atom is 0.341 e. The number of aromatic carboxylic acids is 1. The van der Waals surface area contributed by atoms with Gasteiger partial charge in [0.25, 0.3) is 0 Å². The maximum absolute atomic E-state index is 15.7. The first-order valence-electron chi connectivity index (χ1n) is 10.4. The van der Waals surface area contributed by atoms with Crippen LogP contribution >= 0.6 is 0 Å². The van der Waals surface area contributed by atoms with E-state index in [2.05, 4.69) is 0 Å². The van der Waals surface area contributed by atoms with Crippen molar-refractivity contribution in [2.45, 2.75) is 49.9 Å². The second-order valence-corrected chi connectivity index (χ2v) is 9.18. The number of nitrogens with zero attached hydrogens (tertiary/aromatic N) is 2. The van der Waals surface area contributed by atoms with Crippen LogP contribution in [0.1, 0.15) is 48.5 Å². The van der Waals surface area contributed by atoms with Gasteiger partial charge in [-0.25, -0.2) is 18.0 Å². The van der Waals surface area contributed by atoms with Crippen LogP contribution in [0.15, 0.2) is 11.0 Å². The van der Waals surface area contributed by atoms with E-state index in [0.717, 1.165) is 36.4 Å². The third-order valence-corrected chi connectivity index (χ3v) is 6.82. The molecule has 1 aromatic carbocycles. The van der Waals surface area contributed by atoms with Crippen LogP contribution in [0.5, 0.6) is 0 Å². The lowest BCUT2D eigenvalue weighted by molar-refractivity contribution is 0.0694. The van der Waals surface area contributed by atoms with E-state index in [0.29, 0.717) is 13.1 Å². The number of alkyl halides is 1. The van der Waals surface area contributed by atoms with Crippen molar-refractivity contribution >= 4 is 28.2 Å². The highest BCUT2D eigenvalue weighted by Crippen LogP contribution is 2.45. The van der Waals surface area contributed by atoms with Crippen molar-refractivity contribution < 1.29 is 23.1 Å². The molecule has 2 aliphatic carbocycles. The molecule has 31 heavy (non-hydrogen) atoms. The number of halogens is 3. The summed E-state index contributed by atoms with van der Waals surface area (Å²) in [6.45, 7) is 0.788. The fraction of sp³-hybridized carbons (Fsp3) is 0.524. The van der Waals surface area contributed by atoms with Crippen molar-refractivity contribution in [3.8, 4) is 0 Å². The molecule has 0 radical (unpaired) electrons. The summed E-state index contributed by atoms with van der Waals surface area (Å²) in [7, 11) is 0. The van der Waals surface area contributed by atoms with E-state index in [4.69, 9.17) is 11.5 Å². The van der Waals surface area contributed by atoms with Gasteiger partial charge in [0.05, 0.1) is 22.6 Å². The number of anilines is 2. The number of fused-ring (bicyclic) bond motifs is 1. The summed E-state index contributed by atoms with van der Waals surface area (Å²) in [6.07, 6.45) is 3.05. The quantitative estimate of drug-likeness (QED) is 0.621. The van der Waals surface area contributed by atoms with Gasteiger partial charge in [0.15, 0.2) is 11.6 Å². The topological polar surface area (TPSA) is 115 Å². The van der Waals surface area contributed by atoms with Gasteiger partial charge in [-0.1, -0.05) is 0 Å². The number of nitrogens with two attached hydrogens (primary N) is 2. The number of carbonyl (C=O) groups is 1. The highest BCUT2D eigenvalue weighted by atomic mass is 19.1. The fourth-order valence-electron chi connectivity index (χ4n) is 4.83. The number of benzene rings is 1. The van der Waals surface area contributed by atoms with Crippen molar-refractivity contribution in [1.29, 1.82) is 0 Å². The largest absolute Gasteiger partial charge is 0.477 e. The molecular weight excluding hydrogens is 413 g/mol. The highest BCUT2D eigenvalue weighted by molar-refractivity contribution is 5.99. The van der Waals surface area contributed by atoms with E-state index >= 15 is 8.78 Å². The van der Waals surface area contributed by atoms with Gasteiger partial charge in [-0.3, -0.25) is 4.79 Å². The predicted octanol–water partition coefficient (Wildman–Crippen LogP) is 2.55. The van der Waals surface area contributed by atoms with Gasteiger partial charge in [0, 0.05) is 31.2 Å². The van der Waals surface area contributed by atoms with Crippen LogP contribution in [0, 0.1) is 17.6 Å². The molecule has 7 nitrogen and oxygen atoms in total. The molecule has 2 heterocycles. The van der Waals surface area contributed by atoms with Crippen molar-refractivity contribution in [1.82, 2.24) is 4.57 Å². The lowest BCUT2D eigenvalue weighted by Crippen LogP contribution is -2.29. The van der Waals surface area contributed by atoms with E-state index in [1.807, 2.05) is 0 Å². The number of carboxylic acids is 1. The van der Waals surface area contributed by atoms with Crippen LogP contribution in [0.25, 0.3) is 10.9 Å². The Bertz CT molecular complexity index is 1180. The van der Waals surface area contributed by atoms with Crippen LogP contribution in [0.3, 0.4) is 0 Å². The normalized spacial score (nSPS) is 26.5. The Kier molecular flexibility index (Phi) is 4.31. The predicted molar refractivity (Wildman–Crippen MR) is 109 cm³/mol. The molecule has 1 unspecified atom stereocenters. The van der Waals surface area contributed by atoms with Crippen LogP contribution in [0.4, 0.5) is 24.5 Å². The average molecular weight is 436 g/mol. The van der Waals surface area contributed by atoms with Crippen LogP contribution in [0.2, 0.25) is 0 Å². The molecule has 3 atom stereocenters. The zero-order valence-corrected chi connectivity index (χ0v) is 16.7. The summed E-state index contributed by atoms with van der Waals surface area (Å²) in [5, 5.41) is 8.78. The number of rotatable bonds is 5. The summed E-state index contributed by atoms with van der Waals surface area (Å²) in [6, 6.07) is -0.827. The van der Waals surface area contributed by atoms with E-state index in [1.165, 1.54) is 0 Å². The Morgan fingerprint density at radius 3 is 2.55 bits per heavy atom. The van der Waals surface area contributed by atoms with E-state index < -0.39 is 51.9 Å². The molecule has 5 N–H and O–H groups in total. The highest BCUT2D eigenvalue weighted by Gasteiger charge is 2.43. The van der Waals surface area contributed by atoms with Crippen LogP contribution < -0.4 is 21.8 Å². The number of hydrogen-bond donors (Lipinski definition) is 3. The second-order valence-electron chi connectivity index (χ2n) is 9.18. The van der Waals surface area contributed by atoms with E-state index in [-0.39, 0.29) is 29.1 Å². The Balaban J connectivity index is 1.66. The summed E-state index contributed by atoms with van der Waals surface area (Å²) in [5.74, 6) is -3.51. The Morgan fingerprint density at radius 2 is 1.97 bits per heavy atom. The van der Waals surface area contributed by atoms with Gasteiger partial charge >= 0.3 is 5.97 Å². The first-order chi connectivity index (χ1) is 14.6. The number of pyridine rings is 1. The molecule has 2 aromatic rings. The minimum Gasteiger partial charge on any atom is -0.477 e. The summed E-state index contributed by atoms with van der Waals surface area (Å²) in [4.78, 5) is 25.7. The molecule has 3 aliphatic rings. The molecular formula is C21H23F3N4O3. The van der Waals surface area contributed by atoms with Crippen molar-refractivity contribution in [3.63, 3.8) is 0 Å². The Labute approximate surface area is 175 Å². The molecule has 3 fully saturated rings.